The van der Waals surface area contributed by atoms with Crippen molar-refractivity contribution in [3.05, 3.63) is 119 Å². The molecule has 5 aromatic carbocycles. The number of hydrogen-bond acceptors (Lipinski definition) is 3. The molecule has 0 amide bonds. The molecule has 0 spiro atoms. The van der Waals surface area contributed by atoms with E-state index in [9.17, 15) is 0 Å². The van der Waals surface area contributed by atoms with Gasteiger partial charge >= 0.3 is 0 Å². The van der Waals surface area contributed by atoms with Crippen LogP contribution in [0.15, 0.2) is 97.1 Å². The minimum atomic E-state index is -3.30. The van der Waals surface area contributed by atoms with E-state index < -0.39 is 7.14 Å². The summed E-state index contributed by atoms with van der Waals surface area (Å²) < 4.78 is 27.8. The lowest BCUT2D eigenvalue weighted by Crippen LogP contribution is -2.30. The van der Waals surface area contributed by atoms with Gasteiger partial charge in [-0.3, -0.25) is 0 Å². The Bertz CT molecular complexity index is 1630. The van der Waals surface area contributed by atoms with Crippen LogP contribution < -0.4 is 20.7 Å². The Hall–Kier alpha value is -3.65. The van der Waals surface area contributed by atoms with E-state index in [0.29, 0.717) is 13.2 Å². The van der Waals surface area contributed by atoms with Crippen LogP contribution in [0, 0.1) is 13.8 Å². The fourth-order valence-electron chi connectivity index (χ4n) is 5.82. The van der Waals surface area contributed by atoms with Crippen LogP contribution in [0.1, 0.15) is 22.3 Å². The third-order valence-electron chi connectivity index (χ3n) is 7.64. The van der Waals surface area contributed by atoms with Crippen molar-refractivity contribution in [2.24, 2.45) is 0 Å². The van der Waals surface area contributed by atoms with Gasteiger partial charge in [-0.15, -0.1) is 0 Å². The van der Waals surface area contributed by atoms with Gasteiger partial charge < -0.3 is 14.0 Å². The lowest BCUT2D eigenvalue weighted by molar-refractivity contribution is 0.134. The first-order valence-electron chi connectivity index (χ1n) is 12.6. The molecule has 184 valence electrons. The van der Waals surface area contributed by atoms with Crippen molar-refractivity contribution >= 4 is 33.8 Å². The molecule has 0 fully saturated rings. The minimum Gasteiger partial charge on any atom is -0.496 e. The van der Waals surface area contributed by atoms with Crippen molar-refractivity contribution in [1.82, 2.24) is 0 Å². The Kier molecular flexibility index (Phi) is 5.99. The molecule has 1 heterocycles. The second-order valence-corrected chi connectivity index (χ2v) is 12.3. The predicted octanol–water partition coefficient (Wildman–Crippen LogP) is 6.80. The average Bonchev–Trinajstić information content (AvgIpc) is 3.46. The van der Waals surface area contributed by atoms with Crippen molar-refractivity contribution in [2.45, 2.75) is 27.1 Å². The molecule has 3 nitrogen and oxygen atoms in total. The van der Waals surface area contributed by atoms with Crippen molar-refractivity contribution < 1.29 is 14.0 Å². The summed E-state index contributed by atoms with van der Waals surface area (Å²) in [5.74, 6) is 0.772. The molecular formula is C33H29O3P. The number of rotatable bonds is 5. The molecule has 1 aliphatic rings. The second-order valence-electron chi connectivity index (χ2n) is 9.57. The van der Waals surface area contributed by atoms with Crippen LogP contribution in [0.3, 0.4) is 0 Å². The topological polar surface area (TPSA) is 35.5 Å². The molecule has 1 aliphatic heterocycles. The van der Waals surface area contributed by atoms with E-state index in [1.165, 1.54) is 5.56 Å². The zero-order valence-electron chi connectivity index (χ0n) is 21.3. The fraction of sp³-hybridized carbons (Fsp3) is 0.152. The van der Waals surface area contributed by atoms with Crippen LogP contribution in [0.2, 0.25) is 0 Å². The summed E-state index contributed by atoms with van der Waals surface area (Å²) in [6.07, 6.45) is 0. The van der Waals surface area contributed by atoms with Crippen LogP contribution in [0.5, 0.6) is 5.75 Å². The van der Waals surface area contributed by atoms with Crippen molar-refractivity contribution in [3.8, 4) is 16.9 Å². The Balaban J connectivity index is 1.84. The lowest BCUT2D eigenvalue weighted by Gasteiger charge is -2.29. The Labute approximate surface area is 218 Å². The van der Waals surface area contributed by atoms with E-state index in [0.717, 1.165) is 60.3 Å². The first kappa shape index (κ1) is 23.7. The standard InChI is InChI=1S/C33H29O3P/c1-22-28-20-36-21-29(28)23(2)33(31(22)32-27-17-11-10-12-24(27)18-19-30(32)35-3)37(34,25-13-6-4-7-14-25)26-15-8-5-9-16-26/h4-19H,20-21H2,1-3H3. The largest absolute Gasteiger partial charge is 0.496 e. The Morgan fingerprint density at radius 2 is 1.24 bits per heavy atom. The average molecular weight is 505 g/mol. The maximum Gasteiger partial charge on any atom is 0.171 e. The molecule has 0 aliphatic carbocycles. The summed E-state index contributed by atoms with van der Waals surface area (Å²) in [5, 5.41) is 4.72. The molecule has 5 aromatic rings. The van der Waals surface area contributed by atoms with Gasteiger partial charge in [0.1, 0.15) is 5.75 Å². The van der Waals surface area contributed by atoms with E-state index in [1.54, 1.807) is 7.11 Å². The molecule has 0 bridgehead atoms. The van der Waals surface area contributed by atoms with Crippen LogP contribution in [-0.4, -0.2) is 7.11 Å². The van der Waals surface area contributed by atoms with E-state index in [1.807, 2.05) is 72.8 Å². The number of fused-ring (bicyclic) bond motifs is 2. The van der Waals surface area contributed by atoms with Gasteiger partial charge in [0.05, 0.1) is 20.3 Å². The molecule has 0 unspecified atom stereocenters. The van der Waals surface area contributed by atoms with Gasteiger partial charge in [0.15, 0.2) is 7.14 Å². The van der Waals surface area contributed by atoms with E-state index in [-0.39, 0.29) is 0 Å². The lowest BCUT2D eigenvalue weighted by atomic mass is 9.88. The van der Waals surface area contributed by atoms with Gasteiger partial charge in [-0.05, 0) is 52.9 Å². The number of ether oxygens (including phenoxy) is 2. The van der Waals surface area contributed by atoms with Gasteiger partial charge in [-0.1, -0.05) is 91.0 Å². The molecule has 6 rings (SSSR count). The SMILES string of the molecule is COc1ccc2ccccc2c1-c1c(C)c2c(c(C)c1P(=O)(c1ccccc1)c1ccccc1)COC2. The molecule has 0 N–H and O–H groups in total. The van der Waals surface area contributed by atoms with Gasteiger partial charge in [-0.2, -0.15) is 0 Å². The highest BCUT2D eigenvalue weighted by atomic mass is 31.2. The van der Waals surface area contributed by atoms with E-state index in [2.05, 4.69) is 38.1 Å². The number of hydrogen-bond donors (Lipinski definition) is 0. The van der Waals surface area contributed by atoms with Gasteiger partial charge in [0, 0.05) is 27.0 Å². The minimum absolute atomic E-state index is 0.533. The van der Waals surface area contributed by atoms with Crippen LogP contribution in [0.4, 0.5) is 0 Å². The predicted molar refractivity (Wildman–Crippen MR) is 153 cm³/mol. The highest BCUT2D eigenvalue weighted by Gasteiger charge is 2.38. The van der Waals surface area contributed by atoms with Crippen molar-refractivity contribution in [3.63, 3.8) is 0 Å². The summed E-state index contributed by atoms with van der Waals surface area (Å²) in [6.45, 7) is 5.35. The molecule has 37 heavy (non-hydrogen) atoms. The van der Waals surface area contributed by atoms with E-state index >= 15 is 4.57 Å². The maximum atomic E-state index is 15.8. The zero-order chi connectivity index (χ0) is 25.6. The van der Waals surface area contributed by atoms with Crippen LogP contribution in [-0.2, 0) is 22.5 Å². The van der Waals surface area contributed by atoms with Crippen LogP contribution in [0.25, 0.3) is 21.9 Å². The normalized spacial score (nSPS) is 13.1. The summed E-state index contributed by atoms with van der Waals surface area (Å²) in [6, 6.07) is 32.3. The molecule has 0 radical (unpaired) electrons. The molecule has 0 aromatic heterocycles. The van der Waals surface area contributed by atoms with Gasteiger partial charge in [0.25, 0.3) is 0 Å². The third-order valence-corrected chi connectivity index (χ3v) is 10.9. The molecule has 0 saturated carbocycles. The highest BCUT2D eigenvalue weighted by Crippen LogP contribution is 2.51. The maximum absolute atomic E-state index is 15.8. The molecule has 4 heteroatoms. The monoisotopic (exact) mass is 504 g/mol. The summed E-state index contributed by atoms with van der Waals surface area (Å²) in [7, 11) is -1.59. The summed E-state index contributed by atoms with van der Waals surface area (Å²) in [5.41, 5.74) is 6.47. The first-order valence-corrected chi connectivity index (χ1v) is 14.3. The highest BCUT2D eigenvalue weighted by molar-refractivity contribution is 7.85. The first-order chi connectivity index (χ1) is 18.1. The second kappa shape index (κ2) is 9.34. The quantitative estimate of drug-likeness (QED) is 0.247. The fourth-order valence-corrected chi connectivity index (χ4v) is 9.02. The smallest absolute Gasteiger partial charge is 0.171 e. The summed E-state index contributed by atoms with van der Waals surface area (Å²) in [4.78, 5) is 0. The third kappa shape index (κ3) is 3.65. The van der Waals surface area contributed by atoms with Gasteiger partial charge in [-0.25, -0.2) is 0 Å². The number of methoxy groups -OCH3 is 1. The Morgan fingerprint density at radius 3 is 1.86 bits per heavy atom. The van der Waals surface area contributed by atoms with Gasteiger partial charge in [0.2, 0.25) is 0 Å². The molecular weight excluding hydrogens is 475 g/mol. The number of benzene rings is 5. The Morgan fingerprint density at radius 1 is 0.676 bits per heavy atom. The van der Waals surface area contributed by atoms with E-state index in [4.69, 9.17) is 9.47 Å². The zero-order valence-corrected chi connectivity index (χ0v) is 22.2. The van der Waals surface area contributed by atoms with Crippen LogP contribution >= 0.6 is 7.14 Å². The molecule has 0 atom stereocenters. The molecule has 0 saturated heterocycles. The van der Waals surface area contributed by atoms with Crippen molar-refractivity contribution in [1.29, 1.82) is 0 Å². The summed E-state index contributed by atoms with van der Waals surface area (Å²) >= 11 is 0. The van der Waals surface area contributed by atoms with Crippen molar-refractivity contribution in [2.75, 3.05) is 7.11 Å².